The average Bonchev–Trinajstić information content (AvgIpc) is 2.61. The molecule has 0 saturated carbocycles. The average molecular weight is 451 g/mol. The zero-order valence-electron chi connectivity index (χ0n) is 13.9. The molecule has 27 heavy (non-hydrogen) atoms. The van der Waals surface area contributed by atoms with Crippen molar-refractivity contribution in [3.63, 3.8) is 0 Å². The highest BCUT2D eigenvalue weighted by Gasteiger charge is 2.34. The van der Waals surface area contributed by atoms with Crippen LogP contribution in [0.3, 0.4) is 0 Å². The van der Waals surface area contributed by atoms with Crippen molar-refractivity contribution < 1.29 is 13.9 Å². The van der Waals surface area contributed by atoms with Gasteiger partial charge in [-0.25, -0.2) is 4.39 Å². The second kappa shape index (κ2) is 9.41. The molecule has 3 N–H and O–H groups in total. The van der Waals surface area contributed by atoms with Crippen LogP contribution in [-0.2, 0) is 0 Å². The van der Waals surface area contributed by atoms with Gasteiger partial charge in [0.2, 0.25) is 3.79 Å². The predicted octanol–water partition coefficient (Wildman–Crippen LogP) is 4.25. The Bertz CT molecular complexity index is 799. The van der Waals surface area contributed by atoms with E-state index in [1.165, 1.54) is 12.1 Å². The van der Waals surface area contributed by atoms with Crippen LogP contribution in [0.1, 0.15) is 10.4 Å². The standard InChI is InChI=1S/C17H15Cl3FN3O2S/c1-26-13-8-6-12(7-9-13)22-16(27)24-15(17(18,19)20)23-14(25)10-2-4-11(21)5-3-10/h2-9,15H,1H3,(H,23,25)(H2,22,24,27). The highest BCUT2D eigenvalue weighted by molar-refractivity contribution is 7.80. The van der Waals surface area contributed by atoms with Gasteiger partial charge in [-0.15, -0.1) is 0 Å². The van der Waals surface area contributed by atoms with Crippen molar-refractivity contribution in [2.75, 3.05) is 12.4 Å². The van der Waals surface area contributed by atoms with Crippen LogP contribution in [0.15, 0.2) is 48.5 Å². The lowest BCUT2D eigenvalue weighted by Gasteiger charge is -2.27. The van der Waals surface area contributed by atoms with Crippen molar-refractivity contribution in [3.8, 4) is 5.75 Å². The van der Waals surface area contributed by atoms with E-state index in [9.17, 15) is 9.18 Å². The first-order valence-electron chi connectivity index (χ1n) is 7.54. The maximum Gasteiger partial charge on any atom is 0.252 e. The van der Waals surface area contributed by atoms with Crippen LogP contribution in [0, 0.1) is 5.82 Å². The van der Waals surface area contributed by atoms with Gasteiger partial charge in [0.05, 0.1) is 7.11 Å². The molecule has 0 fully saturated rings. The molecule has 10 heteroatoms. The number of ether oxygens (including phenoxy) is 1. The fourth-order valence-corrected chi connectivity index (χ4v) is 2.55. The number of nitrogens with one attached hydrogen (secondary N) is 3. The van der Waals surface area contributed by atoms with Crippen molar-refractivity contribution in [2.45, 2.75) is 9.96 Å². The molecular weight excluding hydrogens is 436 g/mol. The second-order valence-electron chi connectivity index (χ2n) is 5.28. The number of anilines is 1. The van der Waals surface area contributed by atoms with E-state index in [2.05, 4.69) is 16.0 Å². The maximum absolute atomic E-state index is 13.0. The Hall–Kier alpha value is -1.80. The Morgan fingerprint density at radius 3 is 2.19 bits per heavy atom. The van der Waals surface area contributed by atoms with Gasteiger partial charge >= 0.3 is 0 Å². The molecule has 0 saturated heterocycles. The summed E-state index contributed by atoms with van der Waals surface area (Å²) in [7, 11) is 1.56. The van der Waals surface area contributed by atoms with Gasteiger partial charge in [-0.2, -0.15) is 0 Å². The molecule has 144 valence electrons. The third-order valence-corrected chi connectivity index (χ3v) is 4.21. The molecular formula is C17H15Cl3FN3O2S. The third-order valence-electron chi connectivity index (χ3n) is 3.33. The van der Waals surface area contributed by atoms with Crippen molar-refractivity contribution in [2.24, 2.45) is 0 Å². The summed E-state index contributed by atoms with van der Waals surface area (Å²) in [6.45, 7) is 0. The molecule has 0 bridgehead atoms. The van der Waals surface area contributed by atoms with Gasteiger partial charge in [-0.3, -0.25) is 4.79 Å². The second-order valence-corrected chi connectivity index (χ2v) is 8.06. The molecule has 2 rings (SSSR count). The number of amides is 1. The Morgan fingerprint density at radius 1 is 1.07 bits per heavy atom. The summed E-state index contributed by atoms with van der Waals surface area (Å²) in [6.07, 6.45) is -1.14. The van der Waals surface area contributed by atoms with Gasteiger partial charge in [0.1, 0.15) is 17.7 Å². The lowest BCUT2D eigenvalue weighted by Crippen LogP contribution is -2.56. The van der Waals surface area contributed by atoms with Gasteiger partial charge in [-0.05, 0) is 60.7 Å². The van der Waals surface area contributed by atoms with E-state index in [1.807, 2.05) is 0 Å². The van der Waals surface area contributed by atoms with Gasteiger partial charge in [0, 0.05) is 11.3 Å². The van der Waals surface area contributed by atoms with Crippen molar-refractivity contribution in [3.05, 3.63) is 59.9 Å². The molecule has 2 aromatic rings. The van der Waals surface area contributed by atoms with E-state index in [4.69, 9.17) is 51.8 Å². The number of alkyl halides is 3. The Kier molecular flexibility index (Phi) is 7.49. The van der Waals surface area contributed by atoms with Gasteiger partial charge < -0.3 is 20.7 Å². The number of thiocarbonyl (C=S) groups is 1. The normalized spacial score (nSPS) is 12.0. The van der Waals surface area contributed by atoms with Crippen LogP contribution in [0.2, 0.25) is 0 Å². The molecule has 0 radical (unpaired) electrons. The monoisotopic (exact) mass is 449 g/mol. The zero-order chi connectivity index (χ0) is 20.0. The molecule has 2 aromatic carbocycles. The molecule has 1 amide bonds. The van der Waals surface area contributed by atoms with E-state index < -0.39 is 21.7 Å². The number of carbonyl (C=O) groups excluding carboxylic acids is 1. The SMILES string of the molecule is COc1ccc(NC(=S)NC(NC(=O)c2ccc(F)cc2)C(Cl)(Cl)Cl)cc1. The molecule has 1 atom stereocenters. The quantitative estimate of drug-likeness (QED) is 0.361. The number of halogens is 4. The minimum atomic E-state index is -1.90. The fraction of sp³-hybridized carbons (Fsp3) is 0.176. The molecule has 0 heterocycles. The number of carbonyl (C=O) groups is 1. The minimum Gasteiger partial charge on any atom is -0.497 e. The fourth-order valence-electron chi connectivity index (χ4n) is 1.99. The summed E-state index contributed by atoms with van der Waals surface area (Å²) >= 11 is 23.0. The summed E-state index contributed by atoms with van der Waals surface area (Å²) in [4.78, 5) is 12.3. The van der Waals surface area contributed by atoms with Crippen molar-refractivity contribution >= 4 is 63.7 Å². The van der Waals surface area contributed by atoms with E-state index in [1.54, 1.807) is 31.4 Å². The Morgan fingerprint density at radius 2 is 1.67 bits per heavy atom. The molecule has 1 unspecified atom stereocenters. The first kappa shape index (κ1) is 21.5. The van der Waals surface area contributed by atoms with Crippen molar-refractivity contribution in [1.29, 1.82) is 0 Å². The maximum atomic E-state index is 13.0. The van der Waals surface area contributed by atoms with Crippen molar-refractivity contribution in [1.82, 2.24) is 10.6 Å². The highest BCUT2D eigenvalue weighted by atomic mass is 35.6. The summed E-state index contributed by atoms with van der Waals surface area (Å²) in [6, 6.07) is 11.9. The van der Waals surface area contributed by atoms with Crippen LogP contribution in [0.5, 0.6) is 5.75 Å². The number of benzene rings is 2. The van der Waals surface area contributed by atoms with Crippen LogP contribution < -0.4 is 20.7 Å². The topological polar surface area (TPSA) is 62.4 Å². The number of hydrogen-bond donors (Lipinski definition) is 3. The number of rotatable bonds is 5. The van der Waals surface area contributed by atoms with Crippen LogP contribution in [0.25, 0.3) is 0 Å². The van der Waals surface area contributed by atoms with Gasteiger partial charge in [-0.1, -0.05) is 34.8 Å². The lowest BCUT2D eigenvalue weighted by molar-refractivity contribution is 0.0934. The van der Waals surface area contributed by atoms with E-state index >= 15 is 0 Å². The smallest absolute Gasteiger partial charge is 0.252 e. The van der Waals surface area contributed by atoms with E-state index in [0.29, 0.717) is 11.4 Å². The Balaban J connectivity index is 2.03. The third kappa shape index (κ3) is 6.70. The first-order valence-corrected chi connectivity index (χ1v) is 9.08. The summed E-state index contributed by atoms with van der Waals surface area (Å²) in [5.41, 5.74) is 0.868. The molecule has 0 aliphatic heterocycles. The minimum absolute atomic E-state index is 0.121. The highest BCUT2D eigenvalue weighted by Crippen LogP contribution is 2.29. The van der Waals surface area contributed by atoms with Crippen LogP contribution >= 0.6 is 47.0 Å². The summed E-state index contributed by atoms with van der Waals surface area (Å²) < 4.78 is 16.2. The van der Waals surface area contributed by atoms with E-state index in [0.717, 1.165) is 12.1 Å². The lowest BCUT2D eigenvalue weighted by atomic mass is 10.2. The van der Waals surface area contributed by atoms with Gasteiger partial charge in [0.15, 0.2) is 5.11 Å². The molecule has 0 aromatic heterocycles. The molecule has 0 aliphatic rings. The number of methoxy groups -OCH3 is 1. The summed E-state index contributed by atoms with van der Waals surface area (Å²) in [5.74, 6) is -0.344. The largest absolute Gasteiger partial charge is 0.497 e. The molecule has 0 aliphatic carbocycles. The Labute approximate surface area is 176 Å². The molecule has 0 spiro atoms. The number of hydrogen-bond acceptors (Lipinski definition) is 3. The first-order chi connectivity index (χ1) is 12.7. The summed E-state index contributed by atoms with van der Waals surface area (Å²) in [5, 5.41) is 8.27. The van der Waals surface area contributed by atoms with Crippen LogP contribution in [-0.4, -0.2) is 28.1 Å². The predicted molar refractivity (Wildman–Crippen MR) is 110 cm³/mol. The molecule has 5 nitrogen and oxygen atoms in total. The van der Waals surface area contributed by atoms with Crippen LogP contribution in [0.4, 0.5) is 10.1 Å². The van der Waals surface area contributed by atoms with Gasteiger partial charge in [0.25, 0.3) is 5.91 Å². The zero-order valence-corrected chi connectivity index (χ0v) is 17.0. The van der Waals surface area contributed by atoms with E-state index in [-0.39, 0.29) is 10.7 Å².